The molecule has 0 spiro atoms. The van der Waals surface area contributed by atoms with Crippen molar-refractivity contribution in [1.29, 1.82) is 0 Å². The fraction of sp³-hybridized carbons (Fsp3) is 0.632. The van der Waals surface area contributed by atoms with Crippen LogP contribution in [-0.4, -0.2) is 34.9 Å². The SMILES string of the molecule is O=C(c1ccc(C2SCCS2)cc1)N1CCCC2CCCCC21. The molecular formula is C19H25NOS2. The van der Waals surface area contributed by atoms with Gasteiger partial charge in [-0.3, -0.25) is 4.79 Å². The Morgan fingerprint density at radius 2 is 1.65 bits per heavy atom. The van der Waals surface area contributed by atoms with Gasteiger partial charge in [-0.15, -0.1) is 23.5 Å². The van der Waals surface area contributed by atoms with Crippen LogP contribution in [0.1, 0.15) is 59.0 Å². The predicted molar refractivity (Wildman–Crippen MR) is 100 cm³/mol. The third-order valence-electron chi connectivity index (χ3n) is 5.56. The van der Waals surface area contributed by atoms with Crippen molar-refractivity contribution >= 4 is 29.4 Å². The number of carbonyl (C=O) groups is 1. The topological polar surface area (TPSA) is 20.3 Å². The summed E-state index contributed by atoms with van der Waals surface area (Å²) < 4.78 is 0.567. The molecule has 2 saturated heterocycles. The van der Waals surface area contributed by atoms with Gasteiger partial charge in [-0.25, -0.2) is 0 Å². The van der Waals surface area contributed by atoms with Crippen molar-refractivity contribution in [2.24, 2.45) is 5.92 Å². The van der Waals surface area contributed by atoms with E-state index in [9.17, 15) is 4.79 Å². The van der Waals surface area contributed by atoms with Crippen LogP contribution < -0.4 is 0 Å². The second-order valence-corrected chi connectivity index (χ2v) is 9.67. The lowest BCUT2D eigenvalue weighted by Gasteiger charge is -2.44. The van der Waals surface area contributed by atoms with Crippen LogP contribution in [0.2, 0.25) is 0 Å². The number of carbonyl (C=O) groups excluding carboxylic acids is 1. The highest BCUT2D eigenvalue weighted by Gasteiger charge is 2.35. The normalized spacial score (nSPS) is 28.6. The molecule has 2 nitrogen and oxygen atoms in total. The minimum Gasteiger partial charge on any atom is -0.335 e. The number of piperidine rings is 1. The largest absolute Gasteiger partial charge is 0.335 e. The highest BCUT2D eigenvalue weighted by Crippen LogP contribution is 2.45. The van der Waals surface area contributed by atoms with Crippen molar-refractivity contribution in [3.8, 4) is 0 Å². The molecule has 0 aromatic heterocycles. The summed E-state index contributed by atoms with van der Waals surface area (Å²) in [6.45, 7) is 0.954. The van der Waals surface area contributed by atoms with E-state index in [1.54, 1.807) is 0 Å². The zero-order chi connectivity index (χ0) is 15.6. The molecule has 2 atom stereocenters. The monoisotopic (exact) mass is 347 g/mol. The van der Waals surface area contributed by atoms with Crippen LogP contribution in [0.15, 0.2) is 24.3 Å². The summed E-state index contributed by atoms with van der Waals surface area (Å²) in [7, 11) is 0. The zero-order valence-corrected chi connectivity index (χ0v) is 15.2. The minimum absolute atomic E-state index is 0.264. The van der Waals surface area contributed by atoms with Crippen LogP contribution in [0.3, 0.4) is 0 Å². The second kappa shape index (κ2) is 7.10. The summed E-state index contributed by atoms with van der Waals surface area (Å²) in [4.78, 5) is 15.2. The fourth-order valence-corrected chi connectivity index (χ4v) is 7.24. The molecule has 1 amide bonds. The molecule has 4 rings (SSSR count). The van der Waals surface area contributed by atoms with Crippen molar-refractivity contribution in [3.63, 3.8) is 0 Å². The Bertz CT molecular complexity index is 551. The number of nitrogens with zero attached hydrogens (tertiary/aromatic N) is 1. The van der Waals surface area contributed by atoms with Gasteiger partial charge >= 0.3 is 0 Å². The smallest absolute Gasteiger partial charge is 0.254 e. The Labute approximate surface area is 147 Å². The van der Waals surface area contributed by atoms with Crippen LogP contribution in [0.25, 0.3) is 0 Å². The molecule has 2 heterocycles. The molecule has 2 unspecified atom stereocenters. The first-order valence-electron chi connectivity index (χ1n) is 8.97. The summed E-state index contributed by atoms with van der Waals surface area (Å²) in [5, 5.41) is 0. The Kier molecular flexibility index (Phi) is 4.91. The Hall–Kier alpha value is -0.610. The van der Waals surface area contributed by atoms with Gasteiger partial charge in [0.2, 0.25) is 0 Å². The lowest BCUT2D eigenvalue weighted by Crippen LogP contribution is -2.49. The highest BCUT2D eigenvalue weighted by molar-refractivity contribution is 8.19. The highest BCUT2D eigenvalue weighted by atomic mass is 32.2. The van der Waals surface area contributed by atoms with Crippen LogP contribution in [0.4, 0.5) is 0 Å². The molecule has 23 heavy (non-hydrogen) atoms. The average Bonchev–Trinajstić information content (AvgIpc) is 3.15. The molecule has 4 heteroatoms. The number of fused-ring (bicyclic) bond motifs is 1. The van der Waals surface area contributed by atoms with E-state index in [1.165, 1.54) is 55.6 Å². The molecule has 124 valence electrons. The van der Waals surface area contributed by atoms with Gasteiger partial charge < -0.3 is 4.90 Å². The van der Waals surface area contributed by atoms with Crippen LogP contribution >= 0.6 is 23.5 Å². The van der Waals surface area contributed by atoms with Gasteiger partial charge in [-0.2, -0.15) is 0 Å². The number of hydrogen-bond acceptors (Lipinski definition) is 3. The fourth-order valence-electron chi connectivity index (χ4n) is 4.38. The summed E-state index contributed by atoms with van der Waals surface area (Å²) in [5.41, 5.74) is 2.25. The zero-order valence-electron chi connectivity index (χ0n) is 13.6. The molecule has 0 bridgehead atoms. The van der Waals surface area contributed by atoms with Gasteiger partial charge in [0.05, 0.1) is 4.58 Å². The van der Waals surface area contributed by atoms with E-state index < -0.39 is 0 Å². The maximum Gasteiger partial charge on any atom is 0.254 e. The van der Waals surface area contributed by atoms with E-state index in [-0.39, 0.29) is 5.91 Å². The Balaban J connectivity index is 1.49. The molecule has 1 aliphatic carbocycles. The van der Waals surface area contributed by atoms with Gasteiger partial charge in [0.15, 0.2) is 0 Å². The maximum atomic E-state index is 13.0. The average molecular weight is 348 g/mol. The molecule has 1 saturated carbocycles. The van der Waals surface area contributed by atoms with E-state index in [2.05, 4.69) is 29.2 Å². The van der Waals surface area contributed by atoms with Crippen molar-refractivity contribution < 1.29 is 4.79 Å². The number of thioether (sulfide) groups is 2. The first-order valence-corrected chi connectivity index (χ1v) is 11.1. The maximum absolute atomic E-state index is 13.0. The summed E-state index contributed by atoms with van der Waals surface area (Å²) in [6, 6.07) is 8.97. The molecule has 2 aliphatic heterocycles. The number of amides is 1. The number of likely N-dealkylation sites (tertiary alicyclic amines) is 1. The summed E-state index contributed by atoms with van der Waals surface area (Å²) >= 11 is 4.04. The van der Waals surface area contributed by atoms with Crippen LogP contribution in [0.5, 0.6) is 0 Å². The first kappa shape index (κ1) is 15.9. The first-order chi connectivity index (χ1) is 11.3. The number of rotatable bonds is 2. The third kappa shape index (κ3) is 3.30. The van der Waals surface area contributed by atoms with Crippen LogP contribution in [-0.2, 0) is 0 Å². The minimum atomic E-state index is 0.264. The van der Waals surface area contributed by atoms with Gasteiger partial charge in [-0.05, 0) is 49.3 Å². The van der Waals surface area contributed by atoms with Gasteiger partial charge in [0, 0.05) is 29.7 Å². The molecule has 1 aromatic carbocycles. The molecule has 3 fully saturated rings. The molecule has 0 radical (unpaired) electrons. The van der Waals surface area contributed by atoms with Crippen molar-refractivity contribution in [2.45, 2.75) is 49.1 Å². The lowest BCUT2D eigenvalue weighted by atomic mass is 9.78. The number of benzene rings is 1. The van der Waals surface area contributed by atoms with Crippen molar-refractivity contribution in [1.82, 2.24) is 4.90 Å². The third-order valence-corrected chi connectivity index (χ3v) is 8.66. The van der Waals surface area contributed by atoms with Crippen molar-refractivity contribution in [2.75, 3.05) is 18.1 Å². The van der Waals surface area contributed by atoms with Gasteiger partial charge in [0.1, 0.15) is 0 Å². The van der Waals surface area contributed by atoms with Gasteiger partial charge in [-0.1, -0.05) is 25.0 Å². The molecular weight excluding hydrogens is 322 g/mol. The summed E-state index contributed by atoms with van der Waals surface area (Å²) in [5.74, 6) is 3.51. The van der Waals surface area contributed by atoms with Gasteiger partial charge in [0.25, 0.3) is 5.91 Å². The second-order valence-electron chi connectivity index (χ2n) is 6.95. The Morgan fingerprint density at radius 1 is 0.957 bits per heavy atom. The van der Waals surface area contributed by atoms with E-state index in [4.69, 9.17) is 0 Å². The van der Waals surface area contributed by atoms with E-state index in [0.717, 1.165) is 18.0 Å². The molecule has 3 aliphatic rings. The molecule has 0 N–H and O–H groups in total. The predicted octanol–water partition coefficient (Wildman–Crippen LogP) is 4.96. The Morgan fingerprint density at radius 3 is 2.43 bits per heavy atom. The van der Waals surface area contributed by atoms with Crippen LogP contribution in [0, 0.1) is 5.92 Å². The van der Waals surface area contributed by atoms with E-state index in [1.807, 2.05) is 23.5 Å². The lowest BCUT2D eigenvalue weighted by molar-refractivity contribution is 0.0390. The summed E-state index contributed by atoms with van der Waals surface area (Å²) in [6.07, 6.45) is 7.69. The van der Waals surface area contributed by atoms with Crippen molar-refractivity contribution in [3.05, 3.63) is 35.4 Å². The van der Waals surface area contributed by atoms with E-state index in [0.29, 0.717) is 10.6 Å². The standard InChI is InChI=1S/C19H25NOS2/c21-18(20-11-3-5-14-4-1-2-6-17(14)20)15-7-9-16(10-8-15)19-22-12-13-23-19/h7-10,14,17,19H,1-6,11-13H2. The molecule has 1 aromatic rings. The van der Waals surface area contributed by atoms with E-state index >= 15 is 0 Å². The number of hydrogen-bond donors (Lipinski definition) is 0. The quantitative estimate of drug-likeness (QED) is 0.754.